The number of para-hydroxylation sites is 1. The summed E-state index contributed by atoms with van der Waals surface area (Å²) < 4.78 is 2.26. The Morgan fingerprint density at radius 2 is 1.90 bits per heavy atom. The van der Waals surface area contributed by atoms with Gasteiger partial charge in [0.1, 0.15) is 0 Å². The number of nitrogens with zero attached hydrogens (tertiary/aromatic N) is 2. The first-order valence-corrected chi connectivity index (χ1v) is 7.36. The van der Waals surface area contributed by atoms with Gasteiger partial charge in [0.05, 0.1) is 0 Å². The molecular formula is C18H21N3. The number of fused-ring (bicyclic) bond motifs is 1. The van der Waals surface area contributed by atoms with Gasteiger partial charge in [-0.1, -0.05) is 24.3 Å². The quantitative estimate of drug-likeness (QED) is 0.797. The van der Waals surface area contributed by atoms with Crippen molar-refractivity contribution in [3.8, 4) is 0 Å². The molecule has 0 bridgehead atoms. The molecule has 3 aromatic rings. The SMILES string of the molecule is Cc1c(C(CN)Cc2ccccn2)c2ccccc2n1C. The van der Waals surface area contributed by atoms with Crippen LogP contribution in [0.4, 0.5) is 0 Å². The first-order valence-electron chi connectivity index (χ1n) is 7.36. The molecule has 0 saturated heterocycles. The second-order valence-corrected chi connectivity index (χ2v) is 5.53. The van der Waals surface area contributed by atoms with Crippen LogP contribution in [0.1, 0.15) is 22.9 Å². The summed E-state index contributed by atoms with van der Waals surface area (Å²) in [6.45, 7) is 2.81. The van der Waals surface area contributed by atoms with E-state index in [1.807, 2.05) is 18.3 Å². The minimum Gasteiger partial charge on any atom is -0.348 e. The Morgan fingerprint density at radius 1 is 1.14 bits per heavy atom. The molecule has 0 fully saturated rings. The van der Waals surface area contributed by atoms with Gasteiger partial charge in [0.15, 0.2) is 0 Å². The van der Waals surface area contributed by atoms with Crippen molar-refractivity contribution in [2.24, 2.45) is 12.8 Å². The Kier molecular flexibility index (Phi) is 3.76. The molecule has 0 radical (unpaired) electrons. The molecule has 0 spiro atoms. The fourth-order valence-corrected chi connectivity index (χ4v) is 3.14. The molecule has 0 aliphatic carbocycles. The molecule has 1 unspecified atom stereocenters. The number of benzene rings is 1. The molecule has 0 aliphatic rings. The number of aromatic nitrogens is 2. The summed E-state index contributed by atoms with van der Waals surface area (Å²) in [6, 6.07) is 14.6. The van der Waals surface area contributed by atoms with Gasteiger partial charge >= 0.3 is 0 Å². The van der Waals surface area contributed by atoms with E-state index in [0.29, 0.717) is 12.5 Å². The van der Waals surface area contributed by atoms with Gasteiger partial charge in [-0.3, -0.25) is 4.98 Å². The third kappa shape index (κ3) is 2.45. The van der Waals surface area contributed by atoms with E-state index in [-0.39, 0.29) is 0 Å². The van der Waals surface area contributed by atoms with Crippen molar-refractivity contribution in [3.63, 3.8) is 0 Å². The zero-order valence-corrected chi connectivity index (χ0v) is 12.6. The molecule has 2 aromatic heterocycles. The maximum absolute atomic E-state index is 6.08. The van der Waals surface area contributed by atoms with Crippen LogP contribution in [-0.4, -0.2) is 16.1 Å². The molecular weight excluding hydrogens is 258 g/mol. The van der Waals surface area contributed by atoms with Gasteiger partial charge in [-0.15, -0.1) is 0 Å². The fourth-order valence-electron chi connectivity index (χ4n) is 3.14. The molecule has 3 rings (SSSR count). The van der Waals surface area contributed by atoms with Gasteiger partial charge in [0.25, 0.3) is 0 Å². The third-order valence-electron chi connectivity index (χ3n) is 4.32. The molecule has 1 aromatic carbocycles. The lowest BCUT2D eigenvalue weighted by molar-refractivity contribution is 0.677. The predicted octanol–water partition coefficient (Wildman–Crippen LogP) is 3.17. The van der Waals surface area contributed by atoms with Crippen molar-refractivity contribution in [2.45, 2.75) is 19.3 Å². The number of pyridine rings is 1. The first kappa shape index (κ1) is 13.8. The van der Waals surface area contributed by atoms with Gasteiger partial charge in [0, 0.05) is 41.5 Å². The molecule has 0 aliphatic heterocycles. The Bertz CT molecular complexity index is 744. The second-order valence-electron chi connectivity index (χ2n) is 5.53. The average Bonchev–Trinajstić information content (AvgIpc) is 2.78. The number of hydrogen-bond donors (Lipinski definition) is 1. The van der Waals surface area contributed by atoms with Crippen molar-refractivity contribution in [2.75, 3.05) is 6.54 Å². The van der Waals surface area contributed by atoms with Crippen molar-refractivity contribution in [1.82, 2.24) is 9.55 Å². The van der Waals surface area contributed by atoms with Gasteiger partial charge < -0.3 is 10.3 Å². The van der Waals surface area contributed by atoms with Crippen LogP contribution in [0, 0.1) is 6.92 Å². The van der Waals surface area contributed by atoms with E-state index in [4.69, 9.17) is 5.73 Å². The van der Waals surface area contributed by atoms with E-state index in [1.165, 1.54) is 22.2 Å². The van der Waals surface area contributed by atoms with E-state index >= 15 is 0 Å². The van der Waals surface area contributed by atoms with Crippen molar-refractivity contribution in [1.29, 1.82) is 0 Å². The second kappa shape index (κ2) is 5.70. The van der Waals surface area contributed by atoms with Crippen LogP contribution >= 0.6 is 0 Å². The van der Waals surface area contributed by atoms with Gasteiger partial charge in [-0.25, -0.2) is 0 Å². The minimum absolute atomic E-state index is 0.297. The summed E-state index contributed by atoms with van der Waals surface area (Å²) in [4.78, 5) is 4.45. The normalized spacial score (nSPS) is 12.7. The van der Waals surface area contributed by atoms with Crippen LogP contribution in [-0.2, 0) is 13.5 Å². The van der Waals surface area contributed by atoms with Crippen molar-refractivity contribution < 1.29 is 0 Å². The standard InChI is InChI=1S/C18H21N3/c1-13-18(16-8-3-4-9-17(16)21(13)2)14(12-19)11-15-7-5-6-10-20-15/h3-10,14H,11-12,19H2,1-2H3. The van der Waals surface area contributed by atoms with E-state index in [9.17, 15) is 0 Å². The van der Waals surface area contributed by atoms with E-state index in [1.54, 1.807) is 0 Å². The lowest BCUT2D eigenvalue weighted by atomic mass is 9.91. The van der Waals surface area contributed by atoms with Crippen molar-refractivity contribution in [3.05, 3.63) is 65.6 Å². The Balaban J connectivity index is 2.07. The summed E-state index contributed by atoms with van der Waals surface area (Å²) in [6.07, 6.45) is 2.73. The van der Waals surface area contributed by atoms with Crippen LogP contribution in [0.5, 0.6) is 0 Å². The maximum Gasteiger partial charge on any atom is 0.0482 e. The van der Waals surface area contributed by atoms with Gasteiger partial charge in [-0.2, -0.15) is 0 Å². The van der Waals surface area contributed by atoms with Crippen molar-refractivity contribution >= 4 is 10.9 Å². The van der Waals surface area contributed by atoms with Crippen LogP contribution in [0.25, 0.3) is 10.9 Å². The largest absolute Gasteiger partial charge is 0.348 e. The summed E-state index contributed by atoms with van der Waals surface area (Å²) in [5.41, 5.74) is 11.1. The highest BCUT2D eigenvalue weighted by Crippen LogP contribution is 2.32. The van der Waals surface area contributed by atoms with Crippen LogP contribution in [0.2, 0.25) is 0 Å². The Labute approximate surface area is 125 Å². The molecule has 3 nitrogen and oxygen atoms in total. The summed E-state index contributed by atoms with van der Waals surface area (Å²) in [7, 11) is 2.12. The number of rotatable bonds is 4. The molecule has 2 N–H and O–H groups in total. The van der Waals surface area contributed by atoms with Crippen LogP contribution < -0.4 is 5.73 Å². The molecule has 21 heavy (non-hydrogen) atoms. The molecule has 2 heterocycles. The topological polar surface area (TPSA) is 43.8 Å². The lowest BCUT2D eigenvalue weighted by Gasteiger charge is -2.15. The number of nitrogens with two attached hydrogens (primary N) is 1. The molecule has 1 atom stereocenters. The fraction of sp³-hybridized carbons (Fsp3) is 0.278. The van der Waals surface area contributed by atoms with Crippen LogP contribution in [0.3, 0.4) is 0 Å². The molecule has 108 valence electrons. The van der Waals surface area contributed by atoms with Gasteiger partial charge in [-0.05, 0) is 43.7 Å². The minimum atomic E-state index is 0.297. The molecule has 0 amide bonds. The Hall–Kier alpha value is -2.13. The maximum atomic E-state index is 6.08. The lowest BCUT2D eigenvalue weighted by Crippen LogP contribution is -2.16. The summed E-state index contributed by atoms with van der Waals surface area (Å²) >= 11 is 0. The zero-order chi connectivity index (χ0) is 14.8. The summed E-state index contributed by atoms with van der Waals surface area (Å²) in [5.74, 6) is 0.297. The van der Waals surface area contributed by atoms with Crippen LogP contribution in [0.15, 0.2) is 48.7 Å². The molecule has 3 heteroatoms. The van der Waals surface area contributed by atoms with E-state index < -0.39 is 0 Å². The number of aryl methyl sites for hydroxylation is 1. The highest BCUT2D eigenvalue weighted by Gasteiger charge is 2.20. The first-order chi connectivity index (χ1) is 10.2. The summed E-state index contributed by atoms with van der Waals surface area (Å²) in [5, 5.41) is 1.31. The highest BCUT2D eigenvalue weighted by atomic mass is 14.9. The smallest absolute Gasteiger partial charge is 0.0482 e. The van der Waals surface area contributed by atoms with E-state index in [0.717, 1.165) is 12.1 Å². The monoisotopic (exact) mass is 279 g/mol. The number of hydrogen-bond acceptors (Lipinski definition) is 2. The Morgan fingerprint density at radius 3 is 2.62 bits per heavy atom. The third-order valence-corrected chi connectivity index (χ3v) is 4.32. The highest BCUT2D eigenvalue weighted by molar-refractivity contribution is 5.86. The van der Waals surface area contributed by atoms with E-state index in [2.05, 4.69) is 53.9 Å². The molecule has 0 saturated carbocycles. The van der Waals surface area contributed by atoms with Gasteiger partial charge in [0.2, 0.25) is 0 Å². The predicted molar refractivity (Wildman–Crippen MR) is 87.4 cm³/mol. The zero-order valence-electron chi connectivity index (χ0n) is 12.6. The average molecular weight is 279 g/mol.